The lowest BCUT2D eigenvalue weighted by Crippen LogP contribution is -2.28. The molecule has 0 amide bonds. The summed E-state index contributed by atoms with van der Waals surface area (Å²) in [5.74, 6) is 0.908. The summed E-state index contributed by atoms with van der Waals surface area (Å²) < 4.78 is 58.9. The van der Waals surface area contributed by atoms with Gasteiger partial charge in [-0.05, 0) is 55.5 Å². The molecule has 0 fully saturated rings. The molecule has 0 aliphatic heterocycles. The van der Waals surface area contributed by atoms with Crippen molar-refractivity contribution in [1.82, 2.24) is 9.29 Å². The van der Waals surface area contributed by atoms with E-state index in [9.17, 15) is 8.42 Å². The molecule has 1 unspecified atom stereocenters. The van der Waals surface area contributed by atoms with Gasteiger partial charge in [0.2, 0.25) is 10.0 Å². The van der Waals surface area contributed by atoms with E-state index in [4.69, 9.17) is 14.2 Å². The minimum atomic E-state index is -3.86. The van der Waals surface area contributed by atoms with Gasteiger partial charge in [-0.25, -0.2) is 17.1 Å². The number of pyridine rings is 1. The fourth-order valence-electron chi connectivity index (χ4n) is 4.31. The molecule has 7 nitrogen and oxygen atoms in total. The molecule has 1 aliphatic carbocycles. The minimum absolute atomic E-state index is 0.102. The van der Waals surface area contributed by atoms with Crippen LogP contribution < -0.4 is 14.2 Å². The molecule has 3 aromatic rings. The summed E-state index contributed by atoms with van der Waals surface area (Å²) in [5.41, 5.74) is 1.89. The molecule has 0 N–H and O–H groups in total. The lowest BCUT2D eigenvalue weighted by atomic mass is 9.90. The van der Waals surface area contributed by atoms with Gasteiger partial charge < -0.3 is 14.2 Å². The van der Waals surface area contributed by atoms with Crippen LogP contribution in [0.2, 0.25) is 0 Å². The SMILES string of the molecule is COc1cc2nccc(Oc3ccc(S(=O)(=O)N(C)CCCC4=CC=CCC4C)cc3F)c2cc1OC. The summed E-state index contributed by atoms with van der Waals surface area (Å²) in [4.78, 5) is 4.19. The van der Waals surface area contributed by atoms with Gasteiger partial charge in [0.15, 0.2) is 23.1 Å². The van der Waals surface area contributed by atoms with Gasteiger partial charge in [0.1, 0.15) is 5.75 Å². The first-order valence-corrected chi connectivity index (χ1v) is 13.5. The van der Waals surface area contributed by atoms with Crippen molar-refractivity contribution in [3.05, 3.63) is 72.2 Å². The number of hydrogen-bond donors (Lipinski definition) is 0. The van der Waals surface area contributed by atoms with E-state index >= 15 is 4.39 Å². The van der Waals surface area contributed by atoms with E-state index in [-0.39, 0.29) is 10.6 Å². The number of halogens is 1. The van der Waals surface area contributed by atoms with Crippen LogP contribution in [0.4, 0.5) is 4.39 Å². The monoisotopic (exact) mass is 526 g/mol. The van der Waals surface area contributed by atoms with Crippen LogP contribution in [0.15, 0.2) is 71.3 Å². The molecule has 1 aliphatic rings. The summed E-state index contributed by atoms with van der Waals surface area (Å²) in [7, 11) is 0.702. The number of ether oxygens (including phenoxy) is 3. The number of allylic oxidation sites excluding steroid dienone is 4. The van der Waals surface area contributed by atoms with E-state index in [2.05, 4.69) is 24.1 Å². The van der Waals surface area contributed by atoms with Gasteiger partial charge in [0.25, 0.3) is 0 Å². The Morgan fingerprint density at radius 1 is 1.05 bits per heavy atom. The number of methoxy groups -OCH3 is 2. The van der Waals surface area contributed by atoms with Gasteiger partial charge in [-0.15, -0.1) is 0 Å². The molecule has 9 heteroatoms. The largest absolute Gasteiger partial charge is 0.493 e. The summed E-state index contributed by atoms with van der Waals surface area (Å²) in [5, 5.41) is 0.592. The molecule has 1 aromatic heterocycles. The maximum Gasteiger partial charge on any atom is 0.242 e. The van der Waals surface area contributed by atoms with Crippen LogP contribution in [0.1, 0.15) is 26.2 Å². The average Bonchev–Trinajstić information content (AvgIpc) is 2.90. The lowest BCUT2D eigenvalue weighted by molar-refractivity contribution is 0.355. The zero-order chi connectivity index (χ0) is 26.6. The minimum Gasteiger partial charge on any atom is -0.493 e. The molecule has 37 heavy (non-hydrogen) atoms. The van der Waals surface area contributed by atoms with Gasteiger partial charge in [0, 0.05) is 31.2 Å². The van der Waals surface area contributed by atoms with E-state index < -0.39 is 15.8 Å². The fourth-order valence-corrected chi connectivity index (χ4v) is 5.53. The molecule has 0 saturated carbocycles. The van der Waals surface area contributed by atoms with Gasteiger partial charge in [-0.3, -0.25) is 4.98 Å². The molecule has 4 rings (SSSR count). The number of nitrogens with zero attached hydrogens (tertiary/aromatic N) is 2. The third-order valence-electron chi connectivity index (χ3n) is 6.55. The van der Waals surface area contributed by atoms with Gasteiger partial charge in [-0.1, -0.05) is 30.7 Å². The molecule has 1 heterocycles. The number of aromatic nitrogens is 1. The van der Waals surface area contributed by atoms with E-state index in [1.54, 1.807) is 18.2 Å². The van der Waals surface area contributed by atoms with E-state index in [0.717, 1.165) is 18.9 Å². The topological polar surface area (TPSA) is 78.0 Å². The molecule has 0 saturated heterocycles. The molecule has 0 spiro atoms. The van der Waals surface area contributed by atoms with Crippen LogP contribution in [-0.2, 0) is 10.0 Å². The van der Waals surface area contributed by atoms with Gasteiger partial charge in [0.05, 0.1) is 24.6 Å². The van der Waals surface area contributed by atoms with Gasteiger partial charge >= 0.3 is 0 Å². The number of hydrogen-bond acceptors (Lipinski definition) is 6. The standard InChI is InChI=1S/C28H31FN2O5S/c1-19-8-5-6-9-20(19)10-7-15-31(2)37(32,33)21-11-12-26(23(29)16-21)36-25-13-14-30-24-18-28(35-4)27(34-3)17-22(24)25/h5-6,9,11-14,16-19H,7-8,10,15H2,1-4H3. The number of sulfonamides is 1. The Bertz CT molecular complexity index is 1450. The molecule has 2 aromatic carbocycles. The third-order valence-corrected chi connectivity index (χ3v) is 8.40. The van der Waals surface area contributed by atoms with Crippen molar-refractivity contribution in [1.29, 1.82) is 0 Å². The maximum absolute atomic E-state index is 15.0. The Kier molecular flexibility index (Phi) is 8.14. The number of fused-ring (bicyclic) bond motifs is 1. The quantitative estimate of drug-likeness (QED) is 0.317. The Morgan fingerprint density at radius 2 is 1.81 bits per heavy atom. The zero-order valence-corrected chi connectivity index (χ0v) is 22.2. The highest BCUT2D eigenvalue weighted by Gasteiger charge is 2.23. The van der Waals surface area contributed by atoms with Gasteiger partial charge in [-0.2, -0.15) is 0 Å². The highest BCUT2D eigenvalue weighted by atomic mass is 32.2. The zero-order valence-electron chi connectivity index (χ0n) is 21.4. The first kappa shape index (κ1) is 26.6. The summed E-state index contributed by atoms with van der Waals surface area (Å²) in [6.07, 6.45) is 10.3. The number of benzene rings is 2. The highest BCUT2D eigenvalue weighted by molar-refractivity contribution is 7.89. The van der Waals surface area contributed by atoms with E-state index in [0.29, 0.717) is 47.0 Å². The predicted octanol–water partition coefficient (Wildman–Crippen LogP) is 6.11. The summed E-state index contributed by atoms with van der Waals surface area (Å²) >= 11 is 0. The lowest BCUT2D eigenvalue weighted by Gasteiger charge is -2.20. The third kappa shape index (κ3) is 5.78. The van der Waals surface area contributed by atoms with Crippen LogP contribution >= 0.6 is 0 Å². The van der Waals surface area contributed by atoms with Crippen molar-refractivity contribution in [3.63, 3.8) is 0 Å². The first-order chi connectivity index (χ1) is 17.7. The molecule has 196 valence electrons. The smallest absolute Gasteiger partial charge is 0.242 e. The molecular weight excluding hydrogens is 495 g/mol. The van der Waals surface area contributed by atoms with E-state index in [1.165, 1.54) is 49.5 Å². The molecule has 1 atom stereocenters. The molecule has 0 radical (unpaired) electrons. The van der Waals surface area contributed by atoms with Crippen LogP contribution in [-0.4, -0.2) is 45.5 Å². The van der Waals surface area contributed by atoms with E-state index in [1.807, 2.05) is 6.08 Å². The second-order valence-corrected chi connectivity index (χ2v) is 11.0. The van der Waals surface area contributed by atoms with Crippen molar-refractivity contribution in [3.8, 4) is 23.0 Å². The summed E-state index contributed by atoms with van der Waals surface area (Å²) in [6.45, 7) is 2.51. The normalized spacial score (nSPS) is 15.6. The molecule has 0 bridgehead atoms. The Morgan fingerprint density at radius 3 is 2.51 bits per heavy atom. The Hall–Kier alpha value is -3.43. The summed E-state index contributed by atoms with van der Waals surface area (Å²) in [6, 6.07) is 8.67. The predicted molar refractivity (Wildman–Crippen MR) is 141 cm³/mol. The van der Waals surface area contributed by atoms with Crippen LogP contribution in [0.5, 0.6) is 23.0 Å². The Balaban J connectivity index is 1.50. The number of rotatable bonds is 10. The maximum atomic E-state index is 15.0. The fraction of sp³-hybridized carbons (Fsp3) is 0.321. The second-order valence-electron chi connectivity index (χ2n) is 8.96. The van der Waals surface area contributed by atoms with Crippen molar-refractivity contribution in [2.24, 2.45) is 5.92 Å². The van der Waals surface area contributed by atoms with Crippen molar-refractivity contribution >= 4 is 20.9 Å². The van der Waals surface area contributed by atoms with Crippen LogP contribution in [0.3, 0.4) is 0 Å². The average molecular weight is 527 g/mol. The van der Waals surface area contributed by atoms with Crippen LogP contribution in [0.25, 0.3) is 10.9 Å². The first-order valence-electron chi connectivity index (χ1n) is 12.0. The van der Waals surface area contributed by atoms with Crippen molar-refractivity contribution in [2.45, 2.75) is 31.1 Å². The van der Waals surface area contributed by atoms with Crippen molar-refractivity contribution < 1.29 is 27.0 Å². The van der Waals surface area contributed by atoms with Crippen molar-refractivity contribution in [2.75, 3.05) is 27.8 Å². The highest BCUT2D eigenvalue weighted by Crippen LogP contribution is 2.37. The Labute approximate surface area is 217 Å². The van der Waals surface area contributed by atoms with Crippen LogP contribution in [0, 0.1) is 11.7 Å². The molecular formula is C28H31FN2O5S. The second kappa shape index (κ2) is 11.3.